The molecule has 0 aliphatic rings. The third-order valence-corrected chi connectivity index (χ3v) is 3.18. The summed E-state index contributed by atoms with van der Waals surface area (Å²) in [5.41, 5.74) is 1.38. The number of thiophene rings is 1. The van der Waals surface area contributed by atoms with Crippen LogP contribution in [0.15, 0.2) is 30.6 Å². The van der Waals surface area contributed by atoms with E-state index < -0.39 is 0 Å². The van der Waals surface area contributed by atoms with E-state index in [1.807, 2.05) is 23.5 Å². The van der Waals surface area contributed by atoms with Gasteiger partial charge in [0.05, 0.1) is 5.00 Å². The molecule has 0 amide bonds. The van der Waals surface area contributed by atoms with Crippen molar-refractivity contribution in [3.63, 3.8) is 0 Å². The van der Waals surface area contributed by atoms with Crippen LogP contribution in [0, 0.1) is 13.8 Å². The number of hydrogen-bond donors (Lipinski definition) is 0. The number of aryl methyl sites for hydroxylation is 2. The van der Waals surface area contributed by atoms with Crippen molar-refractivity contribution < 1.29 is 0 Å². The average molecular weight is 177 g/mol. The van der Waals surface area contributed by atoms with Crippen LogP contribution in [0.5, 0.6) is 0 Å². The average Bonchev–Trinajstić information content (AvgIpc) is 2.61. The summed E-state index contributed by atoms with van der Waals surface area (Å²) >= 11 is 1.84. The zero-order valence-corrected chi connectivity index (χ0v) is 8.06. The predicted molar refractivity (Wildman–Crippen MR) is 53.1 cm³/mol. The van der Waals surface area contributed by atoms with Crippen LogP contribution in [0.1, 0.15) is 10.4 Å². The first kappa shape index (κ1) is 7.62. The Hall–Kier alpha value is -1.02. The van der Waals surface area contributed by atoms with Crippen molar-refractivity contribution in [3.05, 3.63) is 41.0 Å². The molecule has 0 aliphatic heterocycles. The summed E-state index contributed by atoms with van der Waals surface area (Å²) in [6.45, 7) is 4.31. The minimum absolute atomic E-state index is 1.30. The Morgan fingerprint density at radius 1 is 1.17 bits per heavy atom. The van der Waals surface area contributed by atoms with Crippen molar-refractivity contribution in [1.82, 2.24) is 4.57 Å². The lowest BCUT2D eigenvalue weighted by atomic mass is 10.3. The Kier molecular flexibility index (Phi) is 1.77. The first-order valence-corrected chi connectivity index (χ1v) is 4.79. The van der Waals surface area contributed by atoms with Crippen LogP contribution in [0.2, 0.25) is 0 Å². The number of aromatic nitrogens is 1. The van der Waals surface area contributed by atoms with Gasteiger partial charge in [-0.15, -0.1) is 11.3 Å². The van der Waals surface area contributed by atoms with Crippen molar-refractivity contribution in [1.29, 1.82) is 0 Å². The van der Waals surface area contributed by atoms with E-state index in [0.29, 0.717) is 0 Å². The molecule has 0 N–H and O–H groups in total. The molecule has 2 heterocycles. The maximum atomic E-state index is 2.22. The SMILES string of the molecule is Cc1cc(-n2cccc2)sc1C. The lowest BCUT2D eigenvalue weighted by Crippen LogP contribution is -1.82. The molecular formula is C10H11NS. The Balaban J connectivity index is 2.48. The number of rotatable bonds is 1. The molecule has 0 aromatic carbocycles. The fourth-order valence-corrected chi connectivity index (χ4v) is 2.16. The minimum atomic E-state index is 1.30. The summed E-state index contributed by atoms with van der Waals surface area (Å²) < 4.78 is 2.14. The van der Waals surface area contributed by atoms with Gasteiger partial charge in [-0.1, -0.05) is 0 Å². The quantitative estimate of drug-likeness (QED) is 0.630. The van der Waals surface area contributed by atoms with Gasteiger partial charge in [-0.3, -0.25) is 0 Å². The minimum Gasteiger partial charge on any atom is -0.316 e. The van der Waals surface area contributed by atoms with Gasteiger partial charge in [-0.2, -0.15) is 0 Å². The third-order valence-electron chi connectivity index (χ3n) is 2.01. The molecule has 0 spiro atoms. The molecular weight excluding hydrogens is 166 g/mol. The van der Waals surface area contributed by atoms with Gasteiger partial charge in [-0.05, 0) is 37.6 Å². The lowest BCUT2D eigenvalue weighted by molar-refractivity contribution is 1.11. The maximum absolute atomic E-state index is 2.22. The number of hydrogen-bond acceptors (Lipinski definition) is 1. The molecule has 0 radical (unpaired) electrons. The number of nitrogens with zero attached hydrogens (tertiary/aromatic N) is 1. The summed E-state index contributed by atoms with van der Waals surface area (Å²) in [5.74, 6) is 0. The van der Waals surface area contributed by atoms with Crippen LogP contribution in [-0.2, 0) is 0 Å². The van der Waals surface area contributed by atoms with Crippen LogP contribution < -0.4 is 0 Å². The van der Waals surface area contributed by atoms with Gasteiger partial charge in [0.2, 0.25) is 0 Å². The largest absolute Gasteiger partial charge is 0.316 e. The molecule has 12 heavy (non-hydrogen) atoms. The van der Waals surface area contributed by atoms with Crippen LogP contribution in [0.3, 0.4) is 0 Å². The van der Waals surface area contributed by atoms with Crippen LogP contribution >= 0.6 is 11.3 Å². The second-order valence-electron chi connectivity index (χ2n) is 2.91. The van der Waals surface area contributed by atoms with E-state index in [1.54, 1.807) is 0 Å². The molecule has 0 unspecified atom stereocenters. The summed E-state index contributed by atoms with van der Waals surface area (Å²) in [5, 5.41) is 1.30. The van der Waals surface area contributed by atoms with Crippen molar-refractivity contribution in [2.24, 2.45) is 0 Å². The Labute approximate surface area is 76.3 Å². The van der Waals surface area contributed by atoms with E-state index in [4.69, 9.17) is 0 Å². The molecule has 0 fully saturated rings. The van der Waals surface area contributed by atoms with Crippen molar-refractivity contribution in [2.45, 2.75) is 13.8 Å². The molecule has 0 aliphatic carbocycles. The van der Waals surface area contributed by atoms with E-state index in [2.05, 4.69) is 36.9 Å². The lowest BCUT2D eigenvalue weighted by Gasteiger charge is -1.94. The first-order valence-electron chi connectivity index (χ1n) is 3.98. The molecule has 1 nitrogen and oxygen atoms in total. The topological polar surface area (TPSA) is 4.93 Å². The molecule has 0 saturated heterocycles. The van der Waals surface area contributed by atoms with E-state index in [0.717, 1.165) is 0 Å². The zero-order chi connectivity index (χ0) is 8.55. The summed E-state index contributed by atoms with van der Waals surface area (Å²) in [6, 6.07) is 6.31. The molecule has 0 atom stereocenters. The molecule has 62 valence electrons. The van der Waals surface area contributed by atoms with Crippen LogP contribution in [0.4, 0.5) is 0 Å². The highest BCUT2D eigenvalue weighted by Crippen LogP contribution is 2.23. The van der Waals surface area contributed by atoms with Crippen molar-refractivity contribution >= 4 is 11.3 Å². The van der Waals surface area contributed by atoms with E-state index in [1.165, 1.54) is 15.4 Å². The highest BCUT2D eigenvalue weighted by atomic mass is 32.1. The van der Waals surface area contributed by atoms with Crippen LogP contribution in [-0.4, -0.2) is 4.57 Å². The third kappa shape index (κ3) is 1.18. The molecule has 0 bridgehead atoms. The van der Waals surface area contributed by atoms with E-state index in [-0.39, 0.29) is 0 Å². The van der Waals surface area contributed by atoms with E-state index >= 15 is 0 Å². The van der Waals surface area contributed by atoms with Crippen molar-refractivity contribution in [2.75, 3.05) is 0 Å². The molecule has 2 heteroatoms. The standard InChI is InChI=1S/C10H11NS/c1-8-7-10(12-9(8)2)11-5-3-4-6-11/h3-7H,1-2H3. The Bertz CT molecular complexity index is 351. The second kappa shape index (κ2) is 2.79. The summed E-state index contributed by atoms with van der Waals surface area (Å²) in [4.78, 5) is 1.40. The highest BCUT2D eigenvalue weighted by Gasteiger charge is 2.01. The van der Waals surface area contributed by atoms with Gasteiger partial charge >= 0.3 is 0 Å². The summed E-state index contributed by atoms with van der Waals surface area (Å²) in [6.07, 6.45) is 4.15. The van der Waals surface area contributed by atoms with Gasteiger partial charge < -0.3 is 4.57 Å². The highest BCUT2D eigenvalue weighted by molar-refractivity contribution is 7.14. The normalized spacial score (nSPS) is 10.5. The fourth-order valence-electron chi connectivity index (χ4n) is 1.16. The Morgan fingerprint density at radius 3 is 2.33 bits per heavy atom. The van der Waals surface area contributed by atoms with Crippen molar-refractivity contribution in [3.8, 4) is 5.00 Å². The first-order chi connectivity index (χ1) is 5.77. The maximum Gasteiger partial charge on any atom is 0.0994 e. The molecule has 2 aromatic rings. The van der Waals surface area contributed by atoms with Gasteiger partial charge in [0.15, 0.2) is 0 Å². The predicted octanol–water partition coefficient (Wildman–Crippen LogP) is 3.16. The summed E-state index contributed by atoms with van der Waals surface area (Å²) in [7, 11) is 0. The van der Waals surface area contributed by atoms with E-state index in [9.17, 15) is 0 Å². The Morgan fingerprint density at radius 2 is 1.83 bits per heavy atom. The van der Waals surface area contributed by atoms with Gasteiger partial charge in [0.1, 0.15) is 0 Å². The fraction of sp³-hybridized carbons (Fsp3) is 0.200. The zero-order valence-electron chi connectivity index (χ0n) is 7.24. The smallest absolute Gasteiger partial charge is 0.0994 e. The molecule has 2 aromatic heterocycles. The van der Waals surface area contributed by atoms with Gasteiger partial charge in [-0.25, -0.2) is 0 Å². The van der Waals surface area contributed by atoms with Gasteiger partial charge in [0.25, 0.3) is 0 Å². The monoisotopic (exact) mass is 177 g/mol. The molecule has 2 rings (SSSR count). The second-order valence-corrected chi connectivity index (χ2v) is 4.15. The van der Waals surface area contributed by atoms with Gasteiger partial charge in [0, 0.05) is 17.3 Å². The van der Waals surface area contributed by atoms with Crippen LogP contribution in [0.25, 0.3) is 5.00 Å². The molecule has 0 saturated carbocycles.